The standard InChI is InChI=1S/C10H19NO2/c1-7(11-3)6-13-10-4-9(5-10)8(2)12/h7,9-11H,4-6H2,1-3H3/t7-,9-,10+/m0/s1. The molecule has 0 radical (unpaired) electrons. The van der Waals surface area contributed by atoms with E-state index >= 15 is 0 Å². The number of Topliss-reactive ketones (excluding diaryl/α,β-unsaturated/α-hetero) is 1. The van der Waals surface area contributed by atoms with Crippen LogP contribution in [0.15, 0.2) is 0 Å². The lowest BCUT2D eigenvalue weighted by molar-refractivity contribution is -0.129. The fourth-order valence-corrected chi connectivity index (χ4v) is 1.40. The lowest BCUT2D eigenvalue weighted by atomic mass is 9.80. The summed E-state index contributed by atoms with van der Waals surface area (Å²) < 4.78 is 5.60. The summed E-state index contributed by atoms with van der Waals surface area (Å²) in [4.78, 5) is 10.9. The zero-order valence-corrected chi connectivity index (χ0v) is 8.67. The molecule has 1 saturated carbocycles. The summed E-state index contributed by atoms with van der Waals surface area (Å²) in [7, 11) is 1.92. The van der Waals surface area contributed by atoms with E-state index in [4.69, 9.17) is 4.74 Å². The molecule has 0 aromatic carbocycles. The molecule has 13 heavy (non-hydrogen) atoms. The molecular formula is C10H19NO2. The minimum absolute atomic E-state index is 0.273. The Labute approximate surface area is 79.8 Å². The molecule has 0 heterocycles. The van der Waals surface area contributed by atoms with Crippen LogP contribution in [0.4, 0.5) is 0 Å². The highest BCUT2D eigenvalue weighted by atomic mass is 16.5. The van der Waals surface area contributed by atoms with Crippen LogP contribution in [0.1, 0.15) is 26.7 Å². The Morgan fingerprint density at radius 2 is 2.23 bits per heavy atom. The molecule has 0 unspecified atom stereocenters. The molecule has 0 amide bonds. The molecule has 1 N–H and O–H groups in total. The second-order valence-corrected chi connectivity index (χ2v) is 3.92. The van der Waals surface area contributed by atoms with Crippen molar-refractivity contribution in [2.75, 3.05) is 13.7 Å². The van der Waals surface area contributed by atoms with E-state index in [0.717, 1.165) is 19.4 Å². The van der Waals surface area contributed by atoms with Crippen molar-refractivity contribution in [3.05, 3.63) is 0 Å². The molecule has 0 aliphatic heterocycles. The monoisotopic (exact) mass is 185 g/mol. The lowest BCUT2D eigenvalue weighted by Crippen LogP contribution is -2.38. The van der Waals surface area contributed by atoms with Crippen LogP contribution < -0.4 is 5.32 Å². The number of rotatable bonds is 5. The molecule has 3 heteroatoms. The van der Waals surface area contributed by atoms with E-state index in [0.29, 0.717) is 17.9 Å². The number of nitrogens with one attached hydrogen (secondary N) is 1. The lowest BCUT2D eigenvalue weighted by Gasteiger charge is -2.34. The van der Waals surface area contributed by atoms with Gasteiger partial charge in [-0.15, -0.1) is 0 Å². The topological polar surface area (TPSA) is 38.3 Å². The fourth-order valence-electron chi connectivity index (χ4n) is 1.40. The third-order valence-electron chi connectivity index (χ3n) is 2.74. The van der Waals surface area contributed by atoms with E-state index in [9.17, 15) is 4.79 Å². The molecule has 0 aromatic rings. The van der Waals surface area contributed by atoms with Gasteiger partial charge >= 0.3 is 0 Å². The summed E-state index contributed by atoms with van der Waals surface area (Å²) in [6, 6.07) is 0.399. The SMILES string of the molecule is CN[C@@H](C)CO[C@H]1C[C@@H](C(C)=O)C1. The first-order valence-corrected chi connectivity index (χ1v) is 4.92. The maximum Gasteiger partial charge on any atom is 0.133 e. The van der Waals surface area contributed by atoms with E-state index in [2.05, 4.69) is 12.2 Å². The van der Waals surface area contributed by atoms with Crippen LogP contribution in [0, 0.1) is 5.92 Å². The molecule has 1 aliphatic rings. The zero-order valence-electron chi connectivity index (χ0n) is 8.67. The summed E-state index contributed by atoms with van der Waals surface area (Å²) in [6.45, 7) is 4.49. The molecule has 0 bridgehead atoms. The fraction of sp³-hybridized carbons (Fsp3) is 0.900. The second-order valence-electron chi connectivity index (χ2n) is 3.92. The van der Waals surface area contributed by atoms with E-state index in [1.54, 1.807) is 6.92 Å². The first-order valence-electron chi connectivity index (χ1n) is 4.92. The second kappa shape index (κ2) is 4.72. The molecule has 0 saturated heterocycles. The maximum atomic E-state index is 10.9. The van der Waals surface area contributed by atoms with Crippen molar-refractivity contribution in [3.63, 3.8) is 0 Å². The van der Waals surface area contributed by atoms with Crippen LogP contribution in [-0.4, -0.2) is 31.6 Å². The number of carbonyl (C=O) groups excluding carboxylic acids is 1. The molecule has 1 aliphatic carbocycles. The molecule has 1 fully saturated rings. The van der Waals surface area contributed by atoms with Gasteiger partial charge in [-0.05, 0) is 33.7 Å². The summed E-state index contributed by atoms with van der Waals surface area (Å²) in [5, 5.41) is 3.11. The Hall–Kier alpha value is -0.410. The van der Waals surface area contributed by atoms with Crippen molar-refractivity contribution in [1.82, 2.24) is 5.32 Å². The van der Waals surface area contributed by atoms with Gasteiger partial charge in [-0.1, -0.05) is 0 Å². The van der Waals surface area contributed by atoms with Gasteiger partial charge in [-0.25, -0.2) is 0 Å². The van der Waals surface area contributed by atoms with Crippen molar-refractivity contribution >= 4 is 5.78 Å². The van der Waals surface area contributed by atoms with Crippen LogP contribution in [0.2, 0.25) is 0 Å². The third kappa shape index (κ3) is 3.08. The zero-order chi connectivity index (χ0) is 9.84. The van der Waals surface area contributed by atoms with Gasteiger partial charge < -0.3 is 10.1 Å². The molecular weight excluding hydrogens is 166 g/mol. The third-order valence-corrected chi connectivity index (χ3v) is 2.74. The van der Waals surface area contributed by atoms with Crippen molar-refractivity contribution in [2.45, 2.75) is 38.8 Å². The van der Waals surface area contributed by atoms with Gasteiger partial charge in [0.2, 0.25) is 0 Å². The predicted octanol–water partition coefficient (Wildman–Crippen LogP) is 0.978. The highest BCUT2D eigenvalue weighted by Gasteiger charge is 2.32. The Morgan fingerprint density at radius 3 is 2.69 bits per heavy atom. The first kappa shape index (κ1) is 10.7. The van der Waals surface area contributed by atoms with Crippen LogP contribution in [0.3, 0.4) is 0 Å². The average Bonchev–Trinajstić information content (AvgIpc) is 2.00. The van der Waals surface area contributed by atoms with Crippen LogP contribution in [0.25, 0.3) is 0 Å². The highest BCUT2D eigenvalue weighted by molar-refractivity contribution is 5.79. The van der Waals surface area contributed by atoms with E-state index < -0.39 is 0 Å². The predicted molar refractivity (Wildman–Crippen MR) is 51.7 cm³/mol. The first-order chi connectivity index (χ1) is 6.13. The van der Waals surface area contributed by atoms with Crippen molar-refractivity contribution in [3.8, 4) is 0 Å². The Morgan fingerprint density at radius 1 is 1.62 bits per heavy atom. The van der Waals surface area contributed by atoms with E-state index in [1.165, 1.54) is 0 Å². The van der Waals surface area contributed by atoms with Crippen molar-refractivity contribution in [1.29, 1.82) is 0 Å². The number of hydrogen-bond donors (Lipinski definition) is 1. The van der Waals surface area contributed by atoms with Gasteiger partial charge in [-0.2, -0.15) is 0 Å². The van der Waals surface area contributed by atoms with Gasteiger partial charge in [-0.3, -0.25) is 4.79 Å². The van der Waals surface area contributed by atoms with Gasteiger partial charge in [0, 0.05) is 12.0 Å². The molecule has 1 atom stereocenters. The number of hydrogen-bond acceptors (Lipinski definition) is 3. The molecule has 0 aromatic heterocycles. The number of carbonyl (C=O) groups is 1. The Kier molecular flexibility index (Phi) is 3.88. The van der Waals surface area contributed by atoms with Gasteiger partial charge in [0.1, 0.15) is 5.78 Å². The van der Waals surface area contributed by atoms with Crippen LogP contribution in [0.5, 0.6) is 0 Å². The quantitative estimate of drug-likeness (QED) is 0.694. The molecule has 3 nitrogen and oxygen atoms in total. The molecule has 76 valence electrons. The minimum Gasteiger partial charge on any atom is -0.377 e. The molecule has 0 spiro atoms. The number of ketones is 1. The summed E-state index contributed by atoms with van der Waals surface area (Å²) in [6.07, 6.45) is 2.17. The van der Waals surface area contributed by atoms with Gasteiger partial charge in [0.25, 0.3) is 0 Å². The van der Waals surface area contributed by atoms with Crippen molar-refractivity contribution < 1.29 is 9.53 Å². The summed E-state index contributed by atoms with van der Waals surface area (Å²) in [5.74, 6) is 0.580. The highest BCUT2D eigenvalue weighted by Crippen LogP contribution is 2.30. The average molecular weight is 185 g/mol. The number of likely N-dealkylation sites (N-methyl/N-ethyl adjacent to an activating group) is 1. The van der Waals surface area contributed by atoms with Gasteiger partial charge in [0.05, 0.1) is 12.7 Å². The van der Waals surface area contributed by atoms with E-state index in [-0.39, 0.29) is 5.92 Å². The largest absolute Gasteiger partial charge is 0.377 e. The summed E-state index contributed by atoms with van der Waals surface area (Å²) in [5.41, 5.74) is 0. The molecule has 1 rings (SSSR count). The Balaban J connectivity index is 2.05. The maximum absolute atomic E-state index is 10.9. The van der Waals surface area contributed by atoms with E-state index in [1.807, 2.05) is 7.05 Å². The van der Waals surface area contributed by atoms with Crippen LogP contribution >= 0.6 is 0 Å². The van der Waals surface area contributed by atoms with Crippen molar-refractivity contribution in [2.24, 2.45) is 5.92 Å². The Bertz CT molecular complexity index is 176. The smallest absolute Gasteiger partial charge is 0.133 e. The summed E-state index contributed by atoms with van der Waals surface area (Å²) >= 11 is 0. The van der Waals surface area contributed by atoms with Gasteiger partial charge in [0.15, 0.2) is 0 Å². The number of ether oxygens (including phenoxy) is 1. The van der Waals surface area contributed by atoms with Crippen LogP contribution in [-0.2, 0) is 9.53 Å². The normalized spacial score (nSPS) is 29.5. The minimum atomic E-state index is 0.273.